The van der Waals surface area contributed by atoms with Crippen LogP contribution in [0.3, 0.4) is 0 Å². The third-order valence-electron chi connectivity index (χ3n) is 4.81. The molecule has 25 heavy (non-hydrogen) atoms. The summed E-state index contributed by atoms with van der Waals surface area (Å²) in [6, 6.07) is 6.99. The van der Waals surface area contributed by atoms with Gasteiger partial charge in [0.2, 0.25) is 5.91 Å². The molecule has 7 nitrogen and oxygen atoms in total. The highest BCUT2D eigenvalue weighted by Crippen LogP contribution is 2.17. The van der Waals surface area contributed by atoms with Crippen LogP contribution in [-0.4, -0.2) is 65.8 Å². The maximum Gasteiger partial charge on any atom is 0.312 e. The Morgan fingerprint density at radius 3 is 2.88 bits per heavy atom. The van der Waals surface area contributed by atoms with E-state index >= 15 is 0 Å². The van der Waals surface area contributed by atoms with Crippen LogP contribution in [-0.2, 0) is 20.9 Å². The Hall–Kier alpha value is -2.12. The van der Waals surface area contributed by atoms with Crippen LogP contribution >= 0.6 is 11.6 Å². The van der Waals surface area contributed by atoms with Gasteiger partial charge in [0, 0.05) is 37.7 Å². The summed E-state index contributed by atoms with van der Waals surface area (Å²) in [4.78, 5) is 39.4. The summed E-state index contributed by atoms with van der Waals surface area (Å²) in [7, 11) is 0. The van der Waals surface area contributed by atoms with Gasteiger partial charge in [-0.15, -0.1) is 0 Å². The van der Waals surface area contributed by atoms with Gasteiger partial charge in [0.1, 0.15) is 0 Å². The second-order valence-electron chi connectivity index (χ2n) is 6.34. The molecule has 3 rings (SSSR count). The number of hydrogen-bond donors (Lipinski definition) is 2. The third kappa shape index (κ3) is 3.77. The molecule has 0 radical (unpaired) electrons. The molecule has 2 atom stereocenters. The van der Waals surface area contributed by atoms with Crippen LogP contribution in [0.5, 0.6) is 0 Å². The van der Waals surface area contributed by atoms with Gasteiger partial charge in [0.05, 0.1) is 12.1 Å². The molecule has 2 fully saturated rings. The third-order valence-corrected chi connectivity index (χ3v) is 5.17. The lowest BCUT2D eigenvalue weighted by Gasteiger charge is -2.44. The molecule has 1 aromatic carbocycles. The van der Waals surface area contributed by atoms with Gasteiger partial charge >= 0.3 is 11.8 Å². The normalized spacial score (nSPS) is 22.2. The summed E-state index contributed by atoms with van der Waals surface area (Å²) in [6.07, 6.45) is 0. The van der Waals surface area contributed by atoms with Crippen molar-refractivity contribution in [2.45, 2.75) is 25.6 Å². The Morgan fingerprint density at radius 1 is 1.36 bits per heavy atom. The number of nitrogens with one attached hydrogen (secondary N) is 2. The summed E-state index contributed by atoms with van der Waals surface area (Å²) in [5, 5.41) is 6.14. The lowest BCUT2D eigenvalue weighted by atomic mass is 10.1. The molecule has 0 aliphatic carbocycles. The van der Waals surface area contributed by atoms with Crippen molar-refractivity contribution in [3.8, 4) is 0 Å². The maximum atomic E-state index is 12.5. The van der Waals surface area contributed by atoms with Crippen LogP contribution in [0.15, 0.2) is 24.3 Å². The molecule has 8 heteroatoms. The summed E-state index contributed by atoms with van der Waals surface area (Å²) >= 11 is 6.10. The van der Waals surface area contributed by atoms with Gasteiger partial charge < -0.3 is 15.5 Å². The number of hydrogen-bond acceptors (Lipinski definition) is 4. The number of benzene rings is 1. The van der Waals surface area contributed by atoms with Crippen LogP contribution in [0.25, 0.3) is 0 Å². The van der Waals surface area contributed by atoms with E-state index in [4.69, 9.17) is 11.6 Å². The number of fused-ring (bicyclic) bond motifs is 1. The van der Waals surface area contributed by atoms with Crippen LogP contribution < -0.4 is 10.6 Å². The van der Waals surface area contributed by atoms with Gasteiger partial charge in [-0.05, 0) is 18.6 Å². The van der Waals surface area contributed by atoms with Crippen LogP contribution in [0.1, 0.15) is 12.5 Å². The zero-order valence-electron chi connectivity index (χ0n) is 14.0. The molecule has 0 saturated carbocycles. The number of amides is 3. The molecule has 0 spiro atoms. The summed E-state index contributed by atoms with van der Waals surface area (Å²) in [6.45, 7) is 4.23. The first-order chi connectivity index (χ1) is 12.0. The molecule has 0 unspecified atom stereocenters. The van der Waals surface area contributed by atoms with E-state index in [9.17, 15) is 14.4 Å². The first-order valence-electron chi connectivity index (χ1n) is 8.31. The van der Waals surface area contributed by atoms with Crippen molar-refractivity contribution < 1.29 is 14.4 Å². The smallest absolute Gasteiger partial charge is 0.312 e. The fourth-order valence-electron chi connectivity index (χ4n) is 3.23. The number of carbonyl (C=O) groups excluding carboxylic acids is 3. The van der Waals surface area contributed by atoms with E-state index in [1.165, 1.54) is 0 Å². The molecular weight excluding hydrogens is 344 g/mol. The minimum atomic E-state index is -0.546. The van der Waals surface area contributed by atoms with E-state index in [2.05, 4.69) is 10.6 Å². The SMILES string of the molecule is C[C@@H](C(=O)NCc1ccccc1Cl)N1CCN2C(=O)C(=O)NC[C@H]2C1. The summed E-state index contributed by atoms with van der Waals surface area (Å²) in [5.41, 5.74) is 0.870. The van der Waals surface area contributed by atoms with Gasteiger partial charge in [-0.2, -0.15) is 0 Å². The molecule has 2 aliphatic heterocycles. The summed E-state index contributed by atoms with van der Waals surface area (Å²) < 4.78 is 0. The molecule has 2 N–H and O–H groups in total. The molecular formula is C17H21ClN4O3. The van der Waals surface area contributed by atoms with Crippen LogP contribution in [0, 0.1) is 0 Å². The molecule has 134 valence electrons. The predicted molar refractivity (Wildman–Crippen MR) is 92.8 cm³/mol. The number of nitrogens with zero attached hydrogens (tertiary/aromatic N) is 2. The fraction of sp³-hybridized carbons (Fsp3) is 0.471. The maximum absolute atomic E-state index is 12.5. The lowest BCUT2D eigenvalue weighted by Crippen LogP contribution is -2.67. The van der Waals surface area contributed by atoms with E-state index in [1.54, 1.807) is 11.0 Å². The monoisotopic (exact) mass is 364 g/mol. The van der Waals surface area contributed by atoms with E-state index < -0.39 is 11.8 Å². The largest absolute Gasteiger partial charge is 0.351 e. The molecule has 3 amide bonds. The van der Waals surface area contributed by atoms with E-state index in [0.717, 1.165) is 5.56 Å². The fourth-order valence-corrected chi connectivity index (χ4v) is 3.43. The van der Waals surface area contributed by atoms with Gasteiger partial charge in [0.15, 0.2) is 0 Å². The number of halogens is 1. The molecule has 1 aromatic rings. The van der Waals surface area contributed by atoms with Crippen molar-refractivity contribution in [3.05, 3.63) is 34.9 Å². The molecule has 0 bridgehead atoms. The first kappa shape index (κ1) is 17.7. The first-order valence-corrected chi connectivity index (χ1v) is 8.69. The Morgan fingerprint density at radius 2 is 2.12 bits per heavy atom. The van der Waals surface area contributed by atoms with E-state index in [-0.39, 0.29) is 18.0 Å². The number of rotatable bonds is 4. The van der Waals surface area contributed by atoms with Crippen LogP contribution in [0.2, 0.25) is 5.02 Å². The van der Waals surface area contributed by atoms with Crippen LogP contribution in [0.4, 0.5) is 0 Å². The quantitative estimate of drug-likeness (QED) is 0.736. The van der Waals surface area contributed by atoms with Gasteiger partial charge in [0.25, 0.3) is 0 Å². The lowest BCUT2D eigenvalue weighted by molar-refractivity contribution is -0.153. The van der Waals surface area contributed by atoms with Crippen molar-refractivity contribution in [2.24, 2.45) is 0 Å². The van der Waals surface area contributed by atoms with Crippen molar-refractivity contribution in [1.29, 1.82) is 0 Å². The van der Waals surface area contributed by atoms with Crippen molar-refractivity contribution in [1.82, 2.24) is 20.4 Å². The highest BCUT2D eigenvalue weighted by molar-refractivity contribution is 6.35. The average Bonchev–Trinajstić information content (AvgIpc) is 2.63. The predicted octanol–water partition coefficient (Wildman–Crippen LogP) is -0.0127. The van der Waals surface area contributed by atoms with Gasteiger partial charge in [-0.3, -0.25) is 19.3 Å². The topological polar surface area (TPSA) is 81.8 Å². The highest BCUT2D eigenvalue weighted by Gasteiger charge is 2.39. The van der Waals surface area contributed by atoms with Crippen molar-refractivity contribution in [2.75, 3.05) is 26.2 Å². The van der Waals surface area contributed by atoms with E-state index in [1.807, 2.05) is 30.0 Å². The summed E-state index contributed by atoms with van der Waals surface area (Å²) in [5.74, 6) is -1.11. The zero-order chi connectivity index (χ0) is 18.0. The second-order valence-corrected chi connectivity index (χ2v) is 6.75. The van der Waals surface area contributed by atoms with Crippen molar-refractivity contribution in [3.63, 3.8) is 0 Å². The average molecular weight is 365 g/mol. The van der Waals surface area contributed by atoms with Gasteiger partial charge in [-0.25, -0.2) is 0 Å². The zero-order valence-corrected chi connectivity index (χ0v) is 14.8. The highest BCUT2D eigenvalue weighted by atomic mass is 35.5. The Balaban J connectivity index is 1.55. The molecule has 0 aromatic heterocycles. The number of carbonyl (C=O) groups is 3. The van der Waals surface area contributed by atoms with Gasteiger partial charge in [-0.1, -0.05) is 29.8 Å². The second kappa shape index (κ2) is 7.41. The standard InChI is InChI=1S/C17H21ClN4O3/c1-11(15(23)19-8-12-4-2-3-5-14(12)18)21-6-7-22-13(10-21)9-20-16(24)17(22)25/h2-5,11,13H,6-10H2,1H3,(H,19,23)(H,20,24)/t11-,13-/m0/s1. The minimum Gasteiger partial charge on any atom is -0.351 e. The number of piperazine rings is 2. The van der Waals surface area contributed by atoms with Crippen molar-refractivity contribution >= 4 is 29.3 Å². The minimum absolute atomic E-state index is 0.0838. The molecule has 2 heterocycles. The Bertz CT molecular complexity index is 696. The Kier molecular flexibility index (Phi) is 5.24. The molecule has 2 aliphatic rings. The Labute approximate surface area is 151 Å². The van der Waals surface area contributed by atoms with E-state index in [0.29, 0.717) is 37.7 Å². The molecule has 2 saturated heterocycles.